The van der Waals surface area contributed by atoms with Crippen molar-refractivity contribution >= 4 is 24.0 Å². The van der Waals surface area contributed by atoms with Crippen LogP contribution in [0.1, 0.15) is 19.8 Å². The van der Waals surface area contributed by atoms with Crippen LogP contribution < -0.4 is 5.32 Å². The van der Waals surface area contributed by atoms with Crippen LogP contribution >= 0.6 is 0 Å². The fourth-order valence-corrected chi connectivity index (χ4v) is 1.75. The number of nitrogens with one attached hydrogen (secondary N) is 1. The predicted octanol–water partition coefficient (Wildman–Crippen LogP) is -0.897. The number of imide groups is 1. The molecule has 0 aromatic heterocycles. The van der Waals surface area contributed by atoms with E-state index < -0.39 is 0 Å². The number of hydrogen-bond donors (Lipinski definition) is 1. The standard InChI is InChI=1S/C12H18N2O5/c1-9-8-11(17)14(12(9)18)4-7-19-6-2-10(16)13-3-5-15/h5,9H,2-4,6-8H2,1H3,(H,13,16). The number of rotatable bonds is 8. The first-order chi connectivity index (χ1) is 9.06. The minimum absolute atomic E-state index is 0.00645. The van der Waals surface area contributed by atoms with Crippen molar-refractivity contribution in [2.75, 3.05) is 26.3 Å². The second kappa shape index (κ2) is 7.63. The van der Waals surface area contributed by atoms with E-state index in [-0.39, 0.29) is 62.8 Å². The summed E-state index contributed by atoms with van der Waals surface area (Å²) in [4.78, 5) is 45.3. The Hall–Kier alpha value is -1.76. The first-order valence-electron chi connectivity index (χ1n) is 6.18. The minimum atomic E-state index is -0.269. The monoisotopic (exact) mass is 270 g/mol. The SMILES string of the molecule is CC1CC(=O)N(CCOCCC(=O)NCC=O)C1=O. The Morgan fingerprint density at radius 3 is 2.79 bits per heavy atom. The van der Waals surface area contributed by atoms with E-state index in [1.807, 2.05) is 0 Å². The summed E-state index contributed by atoms with van der Waals surface area (Å²) in [6.45, 7) is 2.34. The van der Waals surface area contributed by atoms with Gasteiger partial charge in [-0.1, -0.05) is 6.92 Å². The molecule has 1 N–H and O–H groups in total. The molecular weight excluding hydrogens is 252 g/mol. The van der Waals surface area contributed by atoms with Crippen LogP contribution in [0.2, 0.25) is 0 Å². The first kappa shape index (κ1) is 15.3. The molecule has 3 amide bonds. The molecule has 7 nitrogen and oxygen atoms in total. The van der Waals surface area contributed by atoms with Crippen molar-refractivity contribution in [3.63, 3.8) is 0 Å². The smallest absolute Gasteiger partial charge is 0.232 e. The number of ether oxygens (including phenoxy) is 1. The van der Waals surface area contributed by atoms with Gasteiger partial charge in [-0.2, -0.15) is 0 Å². The highest BCUT2D eigenvalue weighted by Crippen LogP contribution is 2.17. The normalized spacial score (nSPS) is 18.8. The van der Waals surface area contributed by atoms with E-state index in [2.05, 4.69) is 5.32 Å². The molecule has 0 radical (unpaired) electrons. The van der Waals surface area contributed by atoms with Crippen LogP contribution in [-0.4, -0.2) is 55.2 Å². The van der Waals surface area contributed by atoms with E-state index in [1.165, 1.54) is 4.90 Å². The van der Waals surface area contributed by atoms with E-state index in [0.717, 1.165) is 0 Å². The van der Waals surface area contributed by atoms with Crippen LogP contribution in [0, 0.1) is 5.92 Å². The van der Waals surface area contributed by atoms with E-state index in [9.17, 15) is 19.2 Å². The maximum atomic E-state index is 11.6. The molecule has 0 aliphatic carbocycles. The van der Waals surface area contributed by atoms with Crippen molar-refractivity contribution in [2.24, 2.45) is 5.92 Å². The molecule has 1 heterocycles. The molecule has 0 spiro atoms. The van der Waals surface area contributed by atoms with Crippen molar-refractivity contribution in [3.05, 3.63) is 0 Å². The van der Waals surface area contributed by atoms with E-state index >= 15 is 0 Å². The third kappa shape index (κ3) is 4.78. The Balaban J connectivity index is 2.11. The van der Waals surface area contributed by atoms with Gasteiger partial charge in [0.05, 0.1) is 26.3 Å². The summed E-state index contributed by atoms with van der Waals surface area (Å²) in [5.41, 5.74) is 0. The molecule has 0 aromatic rings. The number of carbonyl (C=O) groups excluding carboxylic acids is 4. The van der Waals surface area contributed by atoms with Gasteiger partial charge in [0.1, 0.15) is 6.29 Å². The maximum absolute atomic E-state index is 11.6. The van der Waals surface area contributed by atoms with Crippen LogP contribution in [-0.2, 0) is 23.9 Å². The number of hydrogen-bond acceptors (Lipinski definition) is 5. The maximum Gasteiger partial charge on any atom is 0.232 e. The average Bonchev–Trinajstić information content (AvgIpc) is 2.62. The third-order valence-electron chi connectivity index (χ3n) is 2.78. The molecule has 1 aliphatic heterocycles. The summed E-state index contributed by atoms with van der Waals surface area (Å²) in [5, 5.41) is 2.38. The van der Waals surface area contributed by atoms with Crippen molar-refractivity contribution < 1.29 is 23.9 Å². The number of amides is 3. The van der Waals surface area contributed by atoms with Crippen LogP contribution in [0.25, 0.3) is 0 Å². The highest BCUT2D eigenvalue weighted by Gasteiger charge is 2.34. The Morgan fingerprint density at radius 1 is 1.47 bits per heavy atom. The van der Waals surface area contributed by atoms with Gasteiger partial charge < -0.3 is 14.8 Å². The van der Waals surface area contributed by atoms with Gasteiger partial charge in [0.15, 0.2) is 0 Å². The van der Waals surface area contributed by atoms with Gasteiger partial charge in [-0.25, -0.2) is 0 Å². The zero-order chi connectivity index (χ0) is 14.3. The Bertz CT molecular complexity index is 369. The Labute approximate surface area is 111 Å². The molecule has 0 aromatic carbocycles. The summed E-state index contributed by atoms with van der Waals surface area (Å²) in [6.07, 6.45) is 1.00. The topological polar surface area (TPSA) is 92.8 Å². The van der Waals surface area contributed by atoms with Crippen molar-refractivity contribution in [2.45, 2.75) is 19.8 Å². The van der Waals surface area contributed by atoms with Crippen LogP contribution in [0.15, 0.2) is 0 Å². The van der Waals surface area contributed by atoms with E-state index in [4.69, 9.17) is 4.74 Å². The molecule has 7 heteroatoms. The molecule has 1 atom stereocenters. The van der Waals surface area contributed by atoms with Gasteiger partial charge in [-0.15, -0.1) is 0 Å². The zero-order valence-electron chi connectivity index (χ0n) is 10.9. The number of nitrogens with zero attached hydrogens (tertiary/aromatic N) is 1. The van der Waals surface area contributed by atoms with Gasteiger partial charge >= 0.3 is 0 Å². The quantitative estimate of drug-likeness (QED) is 0.350. The molecular formula is C12H18N2O5. The second-order valence-electron chi connectivity index (χ2n) is 4.32. The lowest BCUT2D eigenvalue weighted by molar-refractivity contribution is -0.140. The third-order valence-corrected chi connectivity index (χ3v) is 2.78. The molecule has 106 valence electrons. The van der Waals surface area contributed by atoms with E-state index in [0.29, 0.717) is 6.29 Å². The Kier molecular flexibility index (Phi) is 6.14. The van der Waals surface area contributed by atoms with Crippen molar-refractivity contribution in [1.82, 2.24) is 10.2 Å². The molecule has 1 saturated heterocycles. The lowest BCUT2D eigenvalue weighted by Crippen LogP contribution is -2.33. The minimum Gasteiger partial charge on any atom is -0.379 e. The second-order valence-corrected chi connectivity index (χ2v) is 4.32. The molecule has 1 unspecified atom stereocenters. The fraction of sp³-hybridized carbons (Fsp3) is 0.667. The predicted molar refractivity (Wildman–Crippen MR) is 65.0 cm³/mol. The molecule has 0 saturated carbocycles. The van der Waals surface area contributed by atoms with Gasteiger partial charge in [-0.05, 0) is 0 Å². The number of likely N-dealkylation sites (tertiary alicyclic amines) is 1. The Morgan fingerprint density at radius 2 is 2.21 bits per heavy atom. The average molecular weight is 270 g/mol. The first-order valence-corrected chi connectivity index (χ1v) is 6.18. The van der Waals surface area contributed by atoms with E-state index in [1.54, 1.807) is 6.92 Å². The number of aldehydes is 1. The lowest BCUT2D eigenvalue weighted by atomic mass is 10.1. The highest BCUT2D eigenvalue weighted by atomic mass is 16.5. The zero-order valence-corrected chi connectivity index (χ0v) is 10.9. The van der Waals surface area contributed by atoms with Gasteiger partial charge in [0.25, 0.3) is 0 Å². The van der Waals surface area contributed by atoms with Gasteiger partial charge in [0, 0.05) is 18.8 Å². The van der Waals surface area contributed by atoms with Gasteiger partial charge in [0.2, 0.25) is 17.7 Å². The van der Waals surface area contributed by atoms with Gasteiger partial charge in [-0.3, -0.25) is 19.3 Å². The summed E-state index contributed by atoms with van der Waals surface area (Å²) < 4.78 is 5.18. The molecule has 1 fully saturated rings. The molecule has 19 heavy (non-hydrogen) atoms. The molecule has 0 bridgehead atoms. The largest absolute Gasteiger partial charge is 0.379 e. The summed E-state index contributed by atoms with van der Waals surface area (Å²) in [5.74, 6) is -0.863. The van der Waals surface area contributed by atoms with Crippen molar-refractivity contribution in [1.29, 1.82) is 0 Å². The lowest BCUT2D eigenvalue weighted by Gasteiger charge is -2.14. The summed E-state index contributed by atoms with van der Waals surface area (Å²) in [6, 6.07) is 0. The molecule has 1 rings (SSSR count). The molecule has 1 aliphatic rings. The van der Waals surface area contributed by atoms with Crippen LogP contribution in [0.4, 0.5) is 0 Å². The highest BCUT2D eigenvalue weighted by molar-refractivity contribution is 6.03. The fourth-order valence-electron chi connectivity index (χ4n) is 1.75. The summed E-state index contributed by atoms with van der Waals surface area (Å²) >= 11 is 0. The number of carbonyl (C=O) groups is 4. The van der Waals surface area contributed by atoms with Crippen LogP contribution in [0.3, 0.4) is 0 Å². The van der Waals surface area contributed by atoms with Crippen LogP contribution in [0.5, 0.6) is 0 Å². The van der Waals surface area contributed by atoms with Crippen molar-refractivity contribution in [3.8, 4) is 0 Å². The summed E-state index contributed by atoms with van der Waals surface area (Å²) in [7, 11) is 0.